The molecule has 0 bridgehead atoms. The number of carbonyl (C=O) groups is 1. The van der Waals surface area contributed by atoms with Gasteiger partial charge in [-0.2, -0.15) is 0 Å². The number of ether oxygens (including phenoxy) is 1. The first-order valence-corrected chi connectivity index (χ1v) is 11.1. The first-order valence-electron chi connectivity index (χ1n) is 9.03. The Hall–Kier alpha value is -2.24. The van der Waals surface area contributed by atoms with Crippen molar-refractivity contribution >= 4 is 44.2 Å². The highest BCUT2D eigenvalue weighted by atomic mass is 79.9. The topological polar surface area (TPSA) is 29.5 Å². The highest BCUT2D eigenvalue weighted by Crippen LogP contribution is 2.47. The van der Waals surface area contributed by atoms with Gasteiger partial charge in [-0.25, -0.2) is 0 Å². The molecule has 0 fully saturated rings. The van der Waals surface area contributed by atoms with E-state index < -0.39 is 4.32 Å². The maximum absolute atomic E-state index is 12.1. The molecule has 28 heavy (non-hydrogen) atoms. The van der Waals surface area contributed by atoms with Gasteiger partial charge in [0.05, 0.1) is 11.4 Å². The number of alkyl halides is 1. The SMILES string of the molecule is CN1c2ccccc2[S+](c2ccc(OC(=O)C(C)(C)Br)cc2)c2ccccc21. The van der Waals surface area contributed by atoms with Gasteiger partial charge in [0.25, 0.3) is 0 Å². The molecule has 0 atom stereocenters. The number of fused-ring (bicyclic) bond motifs is 2. The zero-order chi connectivity index (χ0) is 19.9. The van der Waals surface area contributed by atoms with Crippen LogP contribution in [0.15, 0.2) is 87.5 Å². The maximum Gasteiger partial charge on any atom is 0.327 e. The van der Waals surface area contributed by atoms with Crippen molar-refractivity contribution < 1.29 is 9.53 Å². The Kier molecular flexibility index (Phi) is 4.98. The summed E-state index contributed by atoms with van der Waals surface area (Å²) in [6, 6.07) is 25.0. The molecule has 3 aromatic carbocycles. The van der Waals surface area contributed by atoms with Crippen LogP contribution in [0.2, 0.25) is 0 Å². The lowest BCUT2D eigenvalue weighted by atomic mass is 10.2. The van der Waals surface area contributed by atoms with Crippen LogP contribution in [-0.4, -0.2) is 17.3 Å². The van der Waals surface area contributed by atoms with E-state index in [1.54, 1.807) is 13.8 Å². The molecule has 0 saturated carbocycles. The Bertz CT molecular complexity index is 980. The maximum atomic E-state index is 12.1. The quantitative estimate of drug-likeness (QED) is 0.212. The fraction of sp³-hybridized carbons (Fsp3) is 0.174. The van der Waals surface area contributed by atoms with Crippen molar-refractivity contribution in [2.75, 3.05) is 11.9 Å². The van der Waals surface area contributed by atoms with E-state index >= 15 is 0 Å². The van der Waals surface area contributed by atoms with E-state index in [9.17, 15) is 4.79 Å². The van der Waals surface area contributed by atoms with Crippen molar-refractivity contribution in [3.63, 3.8) is 0 Å². The summed E-state index contributed by atoms with van der Waals surface area (Å²) in [5, 5.41) is 0. The zero-order valence-corrected chi connectivity index (χ0v) is 18.4. The monoisotopic (exact) mass is 454 g/mol. The summed E-state index contributed by atoms with van der Waals surface area (Å²) in [7, 11) is 1.91. The second kappa shape index (κ2) is 7.30. The van der Waals surface area contributed by atoms with E-state index in [1.807, 2.05) is 12.1 Å². The number of carbonyl (C=O) groups excluding carboxylic acids is 1. The smallest absolute Gasteiger partial charge is 0.327 e. The molecule has 0 unspecified atom stereocenters. The fourth-order valence-electron chi connectivity index (χ4n) is 3.19. The van der Waals surface area contributed by atoms with Crippen molar-refractivity contribution in [3.8, 4) is 5.75 Å². The normalized spacial score (nSPS) is 13.6. The summed E-state index contributed by atoms with van der Waals surface area (Å²) in [5.41, 5.74) is 2.45. The van der Waals surface area contributed by atoms with Gasteiger partial charge in [0, 0.05) is 7.05 Å². The van der Waals surface area contributed by atoms with E-state index in [1.165, 1.54) is 26.1 Å². The van der Waals surface area contributed by atoms with Crippen molar-refractivity contribution in [2.24, 2.45) is 0 Å². The highest BCUT2D eigenvalue weighted by Gasteiger charge is 2.39. The zero-order valence-electron chi connectivity index (χ0n) is 16.0. The number of esters is 1. The molecule has 0 saturated heterocycles. The Balaban J connectivity index is 1.74. The summed E-state index contributed by atoms with van der Waals surface area (Å²) >= 11 is 3.34. The number of nitrogens with zero attached hydrogens (tertiary/aromatic N) is 1. The van der Waals surface area contributed by atoms with Crippen LogP contribution in [0.1, 0.15) is 13.8 Å². The lowest BCUT2D eigenvalue weighted by Crippen LogP contribution is -2.29. The van der Waals surface area contributed by atoms with Crippen molar-refractivity contribution in [1.82, 2.24) is 0 Å². The minimum atomic E-state index is -0.709. The first kappa shape index (κ1) is 19.1. The number of para-hydroxylation sites is 2. The van der Waals surface area contributed by atoms with Gasteiger partial charge in [0.15, 0.2) is 14.7 Å². The van der Waals surface area contributed by atoms with Crippen LogP contribution in [0.25, 0.3) is 0 Å². The van der Waals surface area contributed by atoms with Crippen LogP contribution < -0.4 is 9.64 Å². The molecular formula is C23H21BrNO2S+. The molecule has 5 heteroatoms. The van der Waals surface area contributed by atoms with E-state index in [2.05, 4.69) is 88.5 Å². The number of rotatable bonds is 3. The molecule has 0 aliphatic carbocycles. The Morgan fingerprint density at radius 1 is 0.893 bits per heavy atom. The molecule has 0 spiro atoms. The Labute approximate surface area is 176 Å². The minimum Gasteiger partial charge on any atom is -0.426 e. The average Bonchev–Trinajstić information content (AvgIpc) is 2.69. The summed E-state index contributed by atoms with van der Waals surface area (Å²) in [4.78, 5) is 18.2. The van der Waals surface area contributed by atoms with E-state index in [0.717, 1.165) is 0 Å². The van der Waals surface area contributed by atoms with Gasteiger partial charge < -0.3 is 9.64 Å². The van der Waals surface area contributed by atoms with Gasteiger partial charge in [0.2, 0.25) is 0 Å². The molecule has 1 aliphatic rings. The average molecular weight is 455 g/mol. The van der Waals surface area contributed by atoms with Crippen molar-refractivity contribution in [3.05, 3.63) is 72.8 Å². The van der Waals surface area contributed by atoms with Crippen LogP contribution in [-0.2, 0) is 15.7 Å². The number of halogens is 1. The third kappa shape index (κ3) is 3.45. The standard InChI is InChI=1S/C23H21BrNO2S/c1-23(2,24)22(26)27-16-12-14-17(15-13-16)28-20-10-6-4-8-18(20)25(3)19-9-5-7-11-21(19)28/h4-15H,1-3H3/q+1. The summed E-state index contributed by atoms with van der Waals surface area (Å²) in [6.07, 6.45) is 0. The first-order chi connectivity index (χ1) is 13.4. The molecule has 3 aromatic rings. The largest absolute Gasteiger partial charge is 0.426 e. The second-order valence-corrected chi connectivity index (χ2v) is 11.1. The van der Waals surface area contributed by atoms with Gasteiger partial charge in [-0.15, -0.1) is 0 Å². The van der Waals surface area contributed by atoms with E-state index in [-0.39, 0.29) is 16.9 Å². The van der Waals surface area contributed by atoms with Gasteiger partial charge in [-0.05, 0) is 62.4 Å². The van der Waals surface area contributed by atoms with Gasteiger partial charge >= 0.3 is 5.97 Å². The predicted molar refractivity (Wildman–Crippen MR) is 118 cm³/mol. The van der Waals surface area contributed by atoms with Crippen molar-refractivity contribution in [2.45, 2.75) is 32.9 Å². The number of benzene rings is 3. The van der Waals surface area contributed by atoms with E-state index in [4.69, 9.17) is 4.74 Å². The van der Waals surface area contributed by atoms with Gasteiger partial charge in [-0.3, -0.25) is 4.79 Å². The van der Waals surface area contributed by atoms with Crippen LogP contribution in [0.5, 0.6) is 5.75 Å². The second-order valence-electron chi connectivity index (χ2n) is 7.13. The predicted octanol–water partition coefficient (Wildman–Crippen LogP) is 5.94. The molecule has 1 aliphatic heterocycles. The van der Waals surface area contributed by atoms with Crippen LogP contribution in [0.3, 0.4) is 0 Å². The third-order valence-corrected chi connectivity index (χ3v) is 7.29. The van der Waals surface area contributed by atoms with Crippen molar-refractivity contribution in [1.29, 1.82) is 0 Å². The Morgan fingerprint density at radius 3 is 1.89 bits per heavy atom. The highest BCUT2D eigenvalue weighted by molar-refractivity contribution is 9.10. The number of hydrogen-bond donors (Lipinski definition) is 0. The Morgan fingerprint density at radius 2 is 1.39 bits per heavy atom. The van der Waals surface area contributed by atoms with Gasteiger partial charge in [0.1, 0.15) is 21.0 Å². The molecule has 4 rings (SSSR count). The van der Waals surface area contributed by atoms with E-state index in [0.29, 0.717) is 5.75 Å². The fourth-order valence-corrected chi connectivity index (χ4v) is 5.68. The summed E-state index contributed by atoms with van der Waals surface area (Å²) in [6.45, 7) is 3.55. The number of anilines is 2. The molecule has 0 N–H and O–H groups in total. The molecule has 0 radical (unpaired) electrons. The number of hydrogen-bond acceptors (Lipinski definition) is 3. The molecule has 0 aromatic heterocycles. The molecule has 1 heterocycles. The summed E-state index contributed by atoms with van der Waals surface area (Å²) < 4.78 is 4.78. The van der Waals surface area contributed by atoms with Gasteiger partial charge in [-0.1, -0.05) is 40.2 Å². The lowest BCUT2D eigenvalue weighted by molar-refractivity contribution is -0.136. The lowest BCUT2D eigenvalue weighted by Gasteiger charge is -2.28. The molecule has 142 valence electrons. The molecule has 3 nitrogen and oxygen atoms in total. The van der Waals surface area contributed by atoms with Crippen LogP contribution >= 0.6 is 15.9 Å². The molecular weight excluding hydrogens is 434 g/mol. The minimum absolute atomic E-state index is 0.208. The van der Waals surface area contributed by atoms with Crippen LogP contribution in [0.4, 0.5) is 11.4 Å². The molecule has 0 amide bonds. The summed E-state index contributed by atoms with van der Waals surface area (Å²) in [5.74, 6) is 0.248. The van der Waals surface area contributed by atoms with Crippen LogP contribution in [0, 0.1) is 0 Å². The third-order valence-electron chi connectivity index (χ3n) is 4.65.